The van der Waals surface area contributed by atoms with Crippen LogP contribution >= 0.6 is 7.87 Å². The third-order valence-electron chi connectivity index (χ3n) is 4.44. The molecule has 0 saturated carbocycles. The minimum absolute atomic E-state index is 1.12. The van der Waals surface area contributed by atoms with Crippen molar-refractivity contribution in [1.29, 1.82) is 0 Å². The summed E-state index contributed by atoms with van der Waals surface area (Å²) in [6.07, 6.45) is 0. The smallest absolute Gasteiger partial charge is 0.418 e. The van der Waals surface area contributed by atoms with Crippen LogP contribution in [0.15, 0.2) is 0 Å². The van der Waals surface area contributed by atoms with Gasteiger partial charge in [0.15, 0.2) is 0 Å². The quantitative estimate of drug-likeness (QED) is 0.247. The maximum atomic E-state index is 9.75. The molecule has 0 unspecified atom stereocenters. The highest BCUT2D eigenvalue weighted by atomic mass is 31.2. The summed E-state index contributed by atoms with van der Waals surface area (Å²) in [4.78, 5) is 0. The maximum absolute atomic E-state index is 9.75. The molecule has 0 rings (SSSR count). The van der Waals surface area contributed by atoms with Crippen LogP contribution in [0, 0.1) is 0 Å². The van der Waals surface area contributed by atoms with E-state index >= 15 is 0 Å². The molecule has 0 bridgehead atoms. The van der Waals surface area contributed by atoms with Gasteiger partial charge in [0.05, 0.1) is 0 Å². The van der Waals surface area contributed by atoms with Crippen LogP contribution in [0.5, 0.6) is 0 Å². The van der Waals surface area contributed by atoms with Crippen LogP contribution in [-0.2, 0) is 0 Å². The highest BCUT2D eigenvalue weighted by Crippen LogP contribution is 2.69. The fourth-order valence-electron chi connectivity index (χ4n) is 3.49. The summed E-state index contributed by atoms with van der Waals surface area (Å²) in [6, 6.07) is 0. The zero-order valence-electron chi connectivity index (χ0n) is 18.0. The highest BCUT2D eigenvalue weighted by molar-refractivity contribution is 7.66. The van der Waals surface area contributed by atoms with Crippen molar-refractivity contribution in [2.24, 2.45) is 0 Å². The third kappa shape index (κ3) is 7.97. The number of nitrogens with zero attached hydrogens (tertiary/aromatic N) is 4. The average Bonchev–Trinajstić information content (AvgIpc) is 2.57. The normalized spacial score (nSPS) is 12.9. The SMILES string of the molecule is CCN(CC)[P](N(CC)CC)(N(CC)CC)N(CC)CC.F[B-](F)(F)F. The molecule has 10 heteroatoms. The van der Waals surface area contributed by atoms with Gasteiger partial charge in [-0.05, 0) is 0 Å². The minimum atomic E-state index is -6.00. The molecule has 0 saturated heterocycles. The van der Waals surface area contributed by atoms with Crippen molar-refractivity contribution in [1.82, 2.24) is 18.7 Å². The lowest BCUT2D eigenvalue weighted by molar-refractivity contribution is 0.262. The summed E-state index contributed by atoms with van der Waals surface area (Å²) in [5, 5.41) is 0. The molecule has 161 valence electrons. The second kappa shape index (κ2) is 14.1. The molecule has 0 aromatic heterocycles. The Morgan fingerprint density at radius 3 is 0.654 bits per heavy atom. The number of hydrogen-bond donors (Lipinski definition) is 0. The fraction of sp³-hybridized carbons (Fsp3) is 1.00. The van der Waals surface area contributed by atoms with Crippen molar-refractivity contribution in [3.63, 3.8) is 0 Å². The summed E-state index contributed by atoms with van der Waals surface area (Å²) < 4.78 is 49.9. The van der Waals surface area contributed by atoms with Crippen molar-refractivity contribution < 1.29 is 17.3 Å². The van der Waals surface area contributed by atoms with Gasteiger partial charge in [0, 0.05) is 52.4 Å². The molecule has 26 heavy (non-hydrogen) atoms. The van der Waals surface area contributed by atoms with Crippen LogP contribution in [0.4, 0.5) is 17.3 Å². The van der Waals surface area contributed by atoms with E-state index in [1.807, 2.05) is 0 Å². The predicted molar refractivity (Wildman–Crippen MR) is 109 cm³/mol. The van der Waals surface area contributed by atoms with Gasteiger partial charge in [-0.2, -0.15) is 0 Å². The Balaban J connectivity index is 0. The van der Waals surface area contributed by atoms with Gasteiger partial charge < -0.3 is 17.3 Å². The first-order valence-corrected chi connectivity index (χ1v) is 11.5. The molecule has 0 aliphatic carbocycles. The van der Waals surface area contributed by atoms with Crippen molar-refractivity contribution in [3.05, 3.63) is 0 Å². The second-order valence-corrected chi connectivity index (χ2v) is 8.92. The van der Waals surface area contributed by atoms with Crippen LogP contribution in [0.25, 0.3) is 0 Å². The Morgan fingerprint density at radius 2 is 0.577 bits per heavy atom. The van der Waals surface area contributed by atoms with Gasteiger partial charge in [0.2, 0.25) is 0 Å². The van der Waals surface area contributed by atoms with E-state index in [1.54, 1.807) is 0 Å². The Bertz CT molecular complexity index is 275. The molecule has 0 aromatic rings. The average molecular weight is 406 g/mol. The first kappa shape index (κ1) is 28.3. The lowest BCUT2D eigenvalue weighted by Crippen LogP contribution is -2.52. The van der Waals surface area contributed by atoms with Crippen molar-refractivity contribution in [3.8, 4) is 0 Å². The monoisotopic (exact) mass is 406 g/mol. The Labute approximate surface area is 159 Å². The van der Waals surface area contributed by atoms with Crippen LogP contribution in [0.2, 0.25) is 0 Å². The largest absolute Gasteiger partial charge is 0.673 e. The first-order chi connectivity index (χ1) is 12.1. The van der Waals surface area contributed by atoms with Crippen LogP contribution in [0.1, 0.15) is 55.4 Å². The third-order valence-corrected chi connectivity index (χ3v) is 9.74. The van der Waals surface area contributed by atoms with Gasteiger partial charge in [-0.25, -0.2) is 0 Å². The molecule has 0 atom stereocenters. The molecule has 0 aliphatic heterocycles. The van der Waals surface area contributed by atoms with Crippen LogP contribution in [-0.4, -0.2) is 78.3 Å². The summed E-state index contributed by atoms with van der Waals surface area (Å²) in [6.45, 7) is 27.5. The molecule has 0 heterocycles. The highest BCUT2D eigenvalue weighted by Gasteiger charge is 2.46. The standard InChI is InChI=1S/C16H40N4P.BF4/c1-9-17(10-2)21(18(11-3)12-4,19(13-5)14-6)20(15-7)16-8;2-1(3,4)5/h9-16H2,1-8H3;/q;-1. The van der Waals surface area contributed by atoms with E-state index in [1.165, 1.54) is 0 Å². The van der Waals surface area contributed by atoms with Gasteiger partial charge in [-0.1, -0.05) is 55.4 Å². The molecular weight excluding hydrogens is 366 g/mol. The molecule has 0 aliphatic rings. The molecule has 1 radical (unpaired) electrons. The number of rotatable bonds is 12. The van der Waals surface area contributed by atoms with E-state index in [0.29, 0.717) is 0 Å². The predicted octanol–water partition coefficient (Wildman–Crippen LogP) is 5.33. The van der Waals surface area contributed by atoms with Gasteiger partial charge in [0.1, 0.15) is 7.87 Å². The fourth-order valence-corrected chi connectivity index (χ4v) is 8.67. The molecule has 0 spiro atoms. The van der Waals surface area contributed by atoms with E-state index in [9.17, 15) is 17.3 Å². The summed E-state index contributed by atoms with van der Waals surface area (Å²) in [5.41, 5.74) is 0. The molecule has 0 amide bonds. The van der Waals surface area contributed by atoms with Gasteiger partial charge in [0.25, 0.3) is 0 Å². The molecular formula is C16H40BF4N4P-. The summed E-state index contributed by atoms with van der Waals surface area (Å²) >= 11 is 0. The Morgan fingerprint density at radius 1 is 0.462 bits per heavy atom. The number of halogens is 4. The van der Waals surface area contributed by atoms with Crippen LogP contribution in [0.3, 0.4) is 0 Å². The molecule has 4 nitrogen and oxygen atoms in total. The van der Waals surface area contributed by atoms with E-state index < -0.39 is 15.1 Å². The molecule has 0 fully saturated rings. The zero-order chi connectivity index (χ0) is 21.0. The van der Waals surface area contributed by atoms with Crippen molar-refractivity contribution >= 4 is 15.1 Å². The molecule has 0 N–H and O–H groups in total. The maximum Gasteiger partial charge on any atom is 0.673 e. The van der Waals surface area contributed by atoms with Gasteiger partial charge in [-0.15, -0.1) is 0 Å². The topological polar surface area (TPSA) is 13.0 Å². The van der Waals surface area contributed by atoms with E-state index in [4.69, 9.17) is 0 Å². The Hall–Kier alpha value is 0.0549. The van der Waals surface area contributed by atoms with Crippen molar-refractivity contribution in [2.75, 3.05) is 52.4 Å². The van der Waals surface area contributed by atoms with E-state index in [-0.39, 0.29) is 0 Å². The first-order valence-electron chi connectivity index (χ1n) is 9.86. The van der Waals surface area contributed by atoms with Gasteiger partial charge in [-0.3, -0.25) is 18.7 Å². The van der Waals surface area contributed by atoms with Crippen LogP contribution < -0.4 is 0 Å². The van der Waals surface area contributed by atoms with E-state index in [2.05, 4.69) is 74.1 Å². The minimum Gasteiger partial charge on any atom is -0.418 e. The Kier molecular flexibility index (Phi) is 15.3. The van der Waals surface area contributed by atoms with E-state index in [0.717, 1.165) is 52.4 Å². The lowest BCUT2D eigenvalue weighted by atomic mass is 10.3. The number of hydrogen-bond acceptors (Lipinski definition) is 4. The van der Waals surface area contributed by atoms with Crippen molar-refractivity contribution in [2.45, 2.75) is 55.4 Å². The second-order valence-electron chi connectivity index (χ2n) is 5.59. The summed E-state index contributed by atoms with van der Waals surface area (Å²) in [7, 11) is -7.60. The summed E-state index contributed by atoms with van der Waals surface area (Å²) in [5.74, 6) is 0. The zero-order valence-corrected chi connectivity index (χ0v) is 18.9. The molecule has 0 aromatic carbocycles. The lowest BCUT2D eigenvalue weighted by Gasteiger charge is -2.61. The van der Waals surface area contributed by atoms with Gasteiger partial charge >= 0.3 is 7.25 Å².